The van der Waals surface area contributed by atoms with E-state index in [1.54, 1.807) is 16.8 Å². The van der Waals surface area contributed by atoms with Crippen LogP contribution in [-0.2, 0) is 9.84 Å². The molecular weight excluding hydrogens is 293 g/mol. The normalized spacial score (nSPS) is 20.8. The van der Waals surface area contributed by atoms with E-state index in [9.17, 15) is 12.8 Å². The molecule has 3 rings (SSSR count). The molecule has 21 heavy (non-hydrogen) atoms. The second-order valence-corrected chi connectivity index (χ2v) is 7.64. The first-order chi connectivity index (χ1) is 9.85. The Labute approximate surface area is 122 Å². The molecule has 7 heteroatoms. The molecule has 5 nitrogen and oxygen atoms in total. The lowest BCUT2D eigenvalue weighted by molar-refractivity contribution is 0.508. The molecule has 0 saturated carbocycles. The van der Waals surface area contributed by atoms with Crippen molar-refractivity contribution in [2.45, 2.75) is 19.4 Å². The first-order valence-electron chi connectivity index (χ1n) is 6.68. The zero-order valence-electron chi connectivity index (χ0n) is 11.6. The van der Waals surface area contributed by atoms with Crippen molar-refractivity contribution in [1.29, 1.82) is 0 Å². The summed E-state index contributed by atoms with van der Waals surface area (Å²) >= 11 is 0. The second kappa shape index (κ2) is 4.84. The fraction of sp³-hybridized carbons (Fsp3) is 0.357. The van der Waals surface area contributed by atoms with Crippen molar-refractivity contribution in [3.8, 4) is 11.3 Å². The van der Waals surface area contributed by atoms with E-state index in [2.05, 4.69) is 5.10 Å². The van der Waals surface area contributed by atoms with Crippen molar-refractivity contribution in [2.24, 2.45) is 0 Å². The number of sulfone groups is 1. The van der Waals surface area contributed by atoms with Crippen molar-refractivity contribution < 1.29 is 12.8 Å². The Hall–Kier alpha value is -1.89. The van der Waals surface area contributed by atoms with Crippen LogP contribution in [0.3, 0.4) is 0 Å². The maximum Gasteiger partial charge on any atom is 0.152 e. The molecule has 1 aliphatic heterocycles. The van der Waals surface area contributed by atoms with E-state index >= 15 is 0 Å². The van der Waals surface area contributed by atoms with Gasteiger partial charge in [0.05, 0.1) is 23.2 Å². The molecule has 1 saturated heterocycles. The molecule has 112 valence electrons. The molecule has 1 unspecified atom stereocenters. The number of hydrogen-bond acceptors (Lipinski definition) is 4. The number of nitrogen functional groups attached to an aromatic ring is 1. The molecule has 1 aliphatic rings. The summed E-state index contributed by atoms with van der Waals surface area (Å²) in [5.74, 6) is 0.272. The zero-order valence-corrected chi connectivity index (χ0v) is 12.4. The van der Waals surface area contributed by atoms with Crippen LogP contribution in [0.25, 0.3) is 11.3 Å². The highest BCUT2D eigenvalue weighted by Gasteiger charge is 2.31. The van der Waals surface area contributed by atoms with E-state index < -0.39 is 9.84 Å². The molecule has 1 fully saturated rings. The quantitative estimate of drug-likeness (QED) is 0.919. The van der Waals surface area contributed by atoms with Gasteiger partial charge in [0, 0.05) is 11.6 Å². The standard InChI is InChI=1S/C14H16FN3O2S/c1-9-2-3-10(15)6-12(9)13-7-14(16)18(17-13)11-4-5-21(19,20)8-11/h2-3,6-7,11H,4-5,8,16H2,1H3. The smallest absolute Gasteiger partial charge is 0.152 e. The van der Waals surface area contributed by atoms with Crippen LogP contribution in [0.2, 0.25) is 0 Å². The van der Waals surface area contributed by atoms with Gasteiger partial charge in [0.2, 0.25) is 0 Å². The van der Waals surface area contributed by atoms with Crippen LogP contribution in [0, 0.1) is 12.7 Å². The minimum atomic E-state index is -3.01. The van der Waals surface area contributed by atoms with Crippen LogP contribution in [0.5, 0.6) is 0 Å². The Kier molecular flexibility index (Phi) is 3.24. The summed E-state index contributed by atoms with van der Waals surface area (Å²) in [6.07, 6.45) is 0.510. The molecule has 0 radical (unpaired) electrons. The van der Waals surface area contributed by atoms with Gasteiger partial charge in [-0.1, -0.05) is 6.07 Å². The fourth-order valence-electron chi connectivity index (χ4n) is 2.67. The third-order valence-corrected chi connectivity index (χ3v) is 5.54. The summed E-state index contributed by atoms with van der Waals surface area (Å²) in [6.45, 7) is 1.87. The first kappa shape index (κ1) is 14.1. The van der Waals surface area contributed by atoms with Crippen LogP contribution in [-0.4, -0.2) is 29.7 Å². The Morgan fingerprint density at radius 1 is 1.38 bits per heavy atom. The summed E-state index contributed by atoms with van der Waals surface area (Å²) in [7, 11) is -3.01. The van der Waals surface area contributed by atoms with E-state index in [0.29, 0.717) is 23.5 Å². The van der Waals surface area contributed by atoms with Gasteiger partial charge in [-0.2, -0.15) is 5.10 Å². The highest BCUT2D eigenvalue weighted by Crippen LogP contribution is 2.30. The molecular formula is C14H16FN3O2S. The monoisotopic (exact) mass is 309 g/mol. The number of nitrogens with two attached hydrogens (primary N) is 1. The van der Waals surface area contributed by atoms with Crippen molar-refractivity contribution >= 4 is 15.7 Å². The number of aromatic nitrogens is 2. The largest absolute Gasteiger partial charge is 0.384 e. The van der Waals surface area contributed by atoms with Gasteiger partial charge in [-0.3, -0.25) is 0 Å². The lowest BCUT2D eigenvalue weighted by atomic mass is 10.1. The summed E-state index contributed by atoms with van der Waals surface area (Å²) < 4.78 is 38.1. The van der Waals surface area contributed by atoms with Crippen LogP contribution in [0.15, 0.2) is 24.3 Å². The molecule has 1 atom stereocenters. The highest BCUT2D eigenvalue weighted by atomic mass is 32.2. The highest BCUT2D eigenvalue weighted by molar-refractivity contribution is 7.91. The van der Waals surface area contributed by atoms with Gasteiger partial charge in [-0.15, -0.1) is 0 Å². The average Bonchev–Trinajstić information content (AvgIpc) is 2.95. The molecule has 2 heterocycles. The van der Waals surface area contributed by atoms with Crippen molar-refractivity contribution in [1.82, 2.24) is 9.78 Å². The van der Waals surface area contributed by atoms with E-state index in [0.717, 1.165) is 5.56 Å². The Bertz CT molecular complexity index is 799. The molecule has 1 aromatic heterocycles. The van der Waals surface area contributed by atoms with E-state index in [-0.39, 0.29) is 23.4 Å². The number of halogens is 1. The number of anilines is 1. The summed E-state index contributed by atoms with van der Waals surface area (Å²) in [4.78, 5) is 0. The lowest BCUT2D eigenvalue weighted by Crippen LogP contribution is -2.14. The minimum Gasteiger partial charge on any atom is -0.384 e. The molecule has 0 aliphatic carbocycles. The van der Waals surface area contributed by atoms with Gasteiger partial charge in [0.1, 0.15) is 11.6 Å². The molecule has 2 N–H and O–H groups in total. The average molecular weight is 309 g/mol. The van der Waals surface area contributed by atoms with E-state index in [4.69, 9.17) is 5.73 Å². The Balaban J connectivity index is 2.00. The topological polar surface area (TPSA) is 78.0 Å². The second-order valence-electron chi connectivity index (χ2n) is 5.42. The molecule has 0 spiro atoms. The van der Waals surface area contributed by atoms with Gasteiger partial charge >= 0.3 is 0 Å². The molecule has 2 aromatic rings. The maximum absolute atomic E-state index is 13.4. The SMILES string of the molecule is Cc1ccc(F)cc1-c1cc(N)n(C2CCS(=O)(=O)C2)n1. The first-order valence-corrected chi connectivity index (χ1v) is 8.50. The van der Waals surface area contributed by atoms with E-state index in [1.807, 2.05) is 6.92 Å². The van der Waals surface area contributed by atoms with Crippen LogP contribution < -0.4 is 5.73 Å². The summed E-state index contributed by atoms with van der Waals surface area (Å²) in [6, 6.07) is 5.90. The molecule has 0 amide bonds. The minimum absolute atomic E-state index is 0.0560. The lowest BCUT2D eigenvalue weighted by Gasteiger charge is -2.10. The fourth-order valence-corrected chi connectivity index (χ4v) is 4.36. The van der Waals surface area contributed by atoms with Crippen molar-refractivity contribution in [3.05, 3.63) is 35.6 Å². The van der Waals surface area contributed by atoms with Crippen LogP contribution in [0.4, 0.5) is 10.2 Å². The van der Waals surface area contributed by atoms with E-state index in [1.165, 1.54) is 12.1 Å². The Morgan fingerprint density at radius 3 is 2.81 bits per heavy atom. The van der Waals surface area contributed by atoms with Gasteiger partial charge in [-0.25, -0.2) is 17.5 Å². The number of rotatable bonds is 2. The van der Waals surface area contributed by atoms with Gasteiger partial charge < -0.3 is 5.73 Å². The summed E-state index contributed by atoms with van der Waals surface area (Å²) in [5, 5.41) is 4.39. The predicted molar refractivity (Wildman–Crippen MR) is 79.1 cm³/mol. The van der Waals surface area contributed by atoms with Crippen LogP contribution in [0.1, 0.15) is 18.0 Å². The van der Waals surface area contributed by atoms with Crippen LogP contribution >= 0.6 is 0 Å². The molecule has 1 aromatic carbocycles. The third-order valence-electron chi connectivity index (χ3n) is 3.79. The van der Waals surface area contributed by atoms with Crippen molar-refractivity contribution in [2.75, 3.05) is 17.2 Å². The third kappa shape index (κ3) is 2.65. The van der Waals surface area contributed by atoms with Gasteiger partial charge in [0.25, 0.3) is 0 Å². The number of hydrogen-bond donors (Lipinski definition) is 1. The zero-order chi connectivity index (χ0) is 15.2. The molecule has 0 bridgehead atoms. The van der Waals surface area contributed by atoms with Crippen molar-refractivity contribution in [3.63, 3.8) is 0 Å². The van der Waals surface area contributed by atoms with Gasteiger partial charge in [-0.05, 0) is 31.0 Å². The summed E-state index contributed by atoms with van der Waals surface area (Å²) in [5.41, 5.74) is 8.07. The Morgan fingerprint density at radius 2 is 2.14 bits per heavy atom. The number of nitrogens with zero attached hydrogens (tertiary/aromatic N) is 2. The number of aryl methyl sites for hydroxylation is 1. The predicted octanol–water partition coefficient (Wildman–Crippen LogP) is 1.94. The maximum atomic E-state index is 13.4. The number of benzene rings is 1. The van der Waals surface area contributed by atoms with Gasteiger partial charge in [0.15, 0.2) is 9.84 Å².